The highest BCUT2D eigenvalue weighted by molar-refractivity contribution is 5.68. The molecule has 0 bridgehead atoms. The molecule has 0 atom stereocenters. The molecule has 24 heavy (non-hydrogen) atoms. The number of benzene rings is 1. The van der Waals surface area contributed by atoms with Gasteiger partial charge in [-0.2, -0.15) is 5.26 Å². The molecule has 0 unspecified atom stereocenters. The molecule has 0 saturated carbocycles. The van der Waals surface area contributed by atoms with Gasteiger partial charge in [0.15, 0.2) is 0 Å². The quantitative estimate of drug-likeness (QED) is 0.808. The van der Waals surface area contributed by atoms with Crippen LogP contribution in [0.25, 0.3) is 11.3 Å². The number of aromatic nitrogens is 2. The molecule has 1 aliphatic rings. The van der Waals surface area contributed by atoms with Gasteiger partial charge in [0.1, 0.15) is 11.4 Å². The molecule has 0 fully saturated rings. The second-order valence-corrected chi connectivity index (χ2v) is 6.83. The highest BCUT2D eigenvalue weighted by Gasteiger charge is 2.27. The zero-order valence-corrected chi connectivity index (χ0v) is 14.1. The third-order valence-electron chi connectivity index (χ3n) is 3.74. The Labute approximate surface area is 141 Å². The van der Waals surface area contributed by atoms with Gasteiger partial charge < -0.3 is 9.30 Å². The van der Waals surface area contributed by atoms with E-state index in [-0.39, 0.29) is 6.09 Å². The molecule has 0 N–H and O–H groups in total. The molecular weight excluding hydrogens is 304 g/mol. The number of amides is 1. The maximum atomic E-state index is 12.2. The van der Waals surface area contributed by atoms with Gasteiger partial charge in [0.05, 0.1) is 23.9 Å². The molecule has 124 valence electrons. The second-order valence-electron chi connectivity index (χ2n) is 6.83. The van der Waals surface area contributed by atoms with Crippen molar-refractivity contribution < 1.29 is 9.53 Å². The predicted molar refractivity (Wildman–Crippen MR) is 89.0 cm³/mol. The van der Waals surface area contributed by atoms with E-state index in [1.54, 1.807) is 11.0 Å². The van der Waals surface area contributed by atoms with Gasteiger partial charge in [0, 0.05) is 24.8 Å². The van der Waals surface area contributed by atoms with E-state index in [0.29, 0.717) is 25.2 Å². The number of nitriles is 1. The van der Waals surface area contributed by atoms with E-state index in [2.05, 4.69) is 15.6 Å². The number of hydrogen-bond acceptors (Lipinski definition) is 4. The minimum absolute atomic E-state index is 0.315. The molecule has 0 aliphatic carbocycles. The summed E-state index contributed by atoms with van der Waals surface area (Å²) in [5.74, 6) is 0.824. The van der Waals surface area contributed by atoms with E-state index in [0.717, 1.165) is 17.1 Å². The number of fused-ring (bicyclic) bond motifs is 1. The molecule has 2 aromatic rings. The van der Waals surface area contributed by atoms with Crippen LogP contribution in [-0.2, 0) is 17.8 Å². The minimum atomic E-state index is -0.507. The van der Waals surface area contributed by atoms with Crippen LogP contribution < -0.4 is 0 Å². The number of carbonyl (C=O) groups is 1. The first kappa shape index (κ1) is 16.1. The first-order valence-corrected chi connectivity index (χ1v) is 7.90. The first-order valence-electron chi connectivity index (χ1n) is 7.90. The lowest BCUT2D eigenvalue weighted by Gasteiger charge is -2.30. The minimum Gasteiger partial charge on any atom is -0.444 e. The van der Waals surface area contributed by atoms with Crippen molar-refractivity contribution >= 4 is 6.09 Å². The number of nitrogens with zero attached hydrogens (tertiary/aromatic N) is 4. The molecule has 0 saturated heterocycles. The zero-order valence-electron chi connectivity index (χ0n) is 14.1. The standard InChI is InChI=1S/C18H20N4O2/c1-18(2,3)24-17(23)22-8-7-21-11-15(20-16(21)12-22)14-6-4-5-13(9-14)10-19/h4-6,9,11H,7-8,12H2,1-3H3. The van der Waals surface area contributed by atoms with Crippen LogP contribution in [0, 0.1) is 11.3 Å². The Morgan fingerprint density at radius 3 is 2.83 bits per heavy atom. The van der Waals surface area contributed by atoms with E-state index in [1.807, 2.05) is 45.2 Å². The van der Waals surface area contributed by atoms with Crippen molar-refractivity contribution in [2.75, 3.05) is 6.54 Å². The molecule has 1 aromatic carbocycles. The van der Waals surface area contributed by atoms with Crippen LogP contribution in [0.2, 0.25) is 0 Å². The number of ether oxygens (including phenoxy) is 1. The lowest BCUT2D eigenvalue weighted by atomic mass is 10.1. The van der Waals surface area contributed by atoms with Gasteiger partial charge >= 0.3 is 6.09 Å². The zero-order chi connectivity index (χ0) is 17.3. The Morgan fingerprint density at radius 2 is 2.12 bits per heavy atom. The van der Waals surface area contributed by atoms with Gasteiger partial charge in [-0.15, -0.1) is 0 Å². The molecule has 1 amide bonds. The van der Waals surface area contributed by atoms with Crippen molar-refractivity contribution in [1.29, 1.82) is 5.26 Å². The van der Waals surface area contributed by atoms with Crippen molar-refractivity contribution in [2.45, 2.75) is 39.5 Å². The summed E-state index contributed by atoms with van der Waals surface area (Å²) in [6.45, 7) is 7.27. The van der Waals surface area contributed by atoms with Crippen molar-refractivity contribution in [3.63, 3.8) is 0 Å². The van der Waals surface area contributed by atoms with Gasteiger partial charge in [-0.05, 0) is 32.9 Å². The van der Waals surface area contributed by atoms with Gasteiger partial charge in [-0.1, -0.05) is 12.1 Å². The van der Waals surface area contributed by atoms with Crippen molar-refractivity contribution in [1.82, 2.24) is 14.5 Å². The molecule has 0 radical (unpaired) electrons. The summed E-state index contributed by atoms with van der Waals surface area (Å²) in [5, 5.41) is 9.03. The molecule has 6 heteroatoms. The highest BCUT2D eigenvalue weighted by atomic mass is 16.6. The Morgan fingerprint density at radius 1 is 1.33 bits per heavy atom. The summed E-state index contributed by atoms with van der Waals surface area (Å²) in [6, 6.07) is 9.50. The Bertz CT molecular complexity index is 811. The molecule has 6 nitrogen and oxygen atoms in total. The average molecular weight is 324 g/mol. The lowest BCUT2D eigenvalue weighted by molar-refractivity contribution is 0.0195. The van der Waals surface area contributed by atoms with Crippen LogP contribution >= 0.6 is 0 Å². The van der Waals surface area contributed by atoms with Crippen LogP contribution in [0.15, 0.2) is 30.5 Å². The van der Waals surface area contributed by atoms with Gasteiger partial charge in [0.2, 0.25) is 0 Å². The van der Waals surface area contributed by atoms with Crippen molar-refractivity contribution in [3.8, 4) is 17.3 Å². The summed E-state index contributed by atoms with van der Waals surface area (Å²) in [7, 11) is 0. The number of rotatable bonds is 1. The largest absolute Gasteiger partial charge is 0.444 e. The first-order chi connectivity index (χ1) is 11.4. The van der Waals surface area contributed by atoms with Crippen molar-refractivity contribution in [3.05, 3.63) is 41.9 Å². The molecule has 1 aromatic heterocycles. The SMILES string of the molecule is CC(C)(C)OC(=O)N1CCn2cc(-c3cccc(C#N)c3)nc2C1. The van der Waals surface area contributed by atoms with Crippen LogP contribution in [0.5, 0.6) is 0 Å². The summed E-state index contributed by atoms with van der Waals surface area (Å²) < 4.78 is 7.48. The lowest BCUT2D eigenvalue weighted by Crippen LogP contribution is -2.41. The number of imidazole rings is 1. The van der Waals surface area contributed by atoms with Crippen LogP contribution in [-0.4, -0.2) is 32.7 Å². The fourth-order valence-electron chi connectivity index (χ4n) is 2.62. The predicted octanol–water partition coefficient (Wildman–Crippen LogP) is 3.17. The normalized spacial score (nSPS) is 14.0. The molecule has 0 spiro atoms. The fraction of sp³-hybridized carbons (Fsp3) is 0.389. The summed E-state index contributed by atoms with van der Waals surface area (Å²) in [6.07, 6.45) is 1.66. The molecule has 1 aliphatic heterocycles. The average Bonchev–Trinajstić information content (AvgIpc) is 2.96. The Balaban J connectivity index is 1.80. The number of hydrogen-bond donors (Lipinski definition) is 0. The van der Waals surface area contributed by atoms with E-state index in [9.17, 15) is 4.79 Å². The molecular formula is C18H20N4O2. The highest BCUT2D eigenvalue weighted by Crippen LogP contribution is 2.23. The fourth-order valence-corrected chi connectivity index (χ4v) is 2.62. The summed E-state index contributed by atoms with van der Waals surface area (Å²) in [5.41, 5.74) is 1.81. The van der Waals surface area contributed by atoms with E-state index >= 15 is 0 Å². The maximum Gasteiger partial charge on any atom is 0.410 e. The topological polar surface area (TPSA) is 71.2 Å². The Kier molecular flexibility index (Phi) is 4.02. The molecule has 2 heterocycles. The van der Waals surface area contributed by atoms with Crippen LogP contribution in [0.4, 0.5) is 4.79 Å². The van der Waals surface area contributed by atoms with Crippen LogP contribution in [0.1, 0.15) is 32.2 Å². The van der Waals surface area contributed by atoms with Crippen molar-refractivity contribution in [2.24, 2.45) is 0 Å². The number of carbonyl (C=O) groups excluding carboxylic acids is 1. The van der Waals surface area contributed by atoms with E-state index in [4.69, 9.17) is 10.00 Å². The summed E-state index contributed by atoms with van der Waals surface area (Å²) >= 11 is 0. The van der Waals surface area contributed by atoms with Gasteiger partial charge in [-0.3, -0.25) is 4.90 Å². The third-order valence-corrected chi connectivity index (χ3v) is 3.74. The maximum absolute atomic E-state index is 12.2. The van der Waals surface area contributed by atoms with Gasteiger partial charge in [-0.25, -0.2) is 9.78 Å². The third kappa shape index (κ3) is 3.40. The van der Waals surface area contributed by atoms with Gasteiger partial charge in [0.25, 0.3) is 0 Å². The summed E-state index contributed by atoms with van der Waals surface area (Å²) in [4.78, 5) is 18.5. The Hall–Kier alpha value is -2.81. The monoisotopic (exact) mass is 324 g/mol. The van der Waals surface area contributed by atoms with Crippen LogP contribution in [0.3, 0.4) is 0 Å². The second kappa shape index (κ2) is 6.00. The van der Waals surface area contributed by atoms with E-state index < -0.39 is 5.60 Å². The molecule has 3 rings (SSSR count). The van der Waals surface area contributed by atoms with E-state index in [1.165, 1.54) is 0 Å². The smallest absolute Gasteiger partial charge is 0.410 e.